The van der Waals surface area contributed by atoms with E-state index in [4.69, 9.17) is 0 Å². The summed E-state index contributed by atoms with van der Waals surface area (Å²) < 4.78 is 4.66. The minimum absolute atomic E-state index is 0.0107. The molecule has 8 heteroatoms. The number of nitrogens with zero attached hydrogens (tertiary/aromatic N) is 2. The van der Waals surface area contributed by atoms with Crippen molar-refractivity contribution < 1.29 is 23.9 Å². The number of nitrogens with one attached hydrogen (secondary N) is 1. The van der Waals surface area contributed by atoms with Crippen LogP contribution in [0.4, 0.5) is 16.2 Å². The lowest BCUT2D eigenvalue weighted by atomic mass is 10.1. The maximum absolute atomic E-state index is 13.1. The number of hydrogen-bond acceptors (Lipinski definition) is 5. The fourth-order valence-electron chi connectivity index (χ4n) is 3.76. The van der Waals surface area contributed by atoms with E-state index in [0.717, 1.165) is 18.4 Å². The lowest BCUT2D eigenvalue weighted by Gasteiger charge is -2.21. The van der Waals surface area contributed by atoms with E-state index in [9.17, 15) is 19.2 Å². The molecule has 0 aromatic heterocycles. The second kappa shape index (κ2) is 8.22. The Balaban J connectivity index is 1.49. The van der Waals surface area contributed by atoms with E-state index >= 15 is 0 Å². The van der Waals surface area contributed by atoms with E-state index in [1.807, 2.05) is 13.0 Å². The zero-order valence-corrected chi connectivity index (χ0v) is 17.3. The molecule has 1 aliphatic heterocycles. The zero-order chi connectivity index (χ0) is 22.1. The topological polar surface area (TPSA) is 96.0 Å². The van der Waals surface area contributed by atoms with Gasteiger partial charge in [0.2, 0.25) is 5.91 Å². The number of benzene rings is 2. The van der Waals surface area contributed by atoms with Gasteiger partial charge in [0.1, 0.15) is 6.04 Å². The average molecular weight is 421 g/mol. The minimum Gasteiger partial charge on any atom is -0.465 e. The van der Waals surface area contributed by atoms with Gasteiger partial charge in [0.25, 0.3) is 5.91 Å². The van der Waals surface area contributed by atoms with E-state index in [0.29, 0.717) is 16.9 Å². The van der Waals surface area contributed by atoms with Crippen molar-refractivity contribution in [1.29, 1.82) is 0 Å². The number of imide groups is 1. The van der Waals surface area contributed by atoms with E-state index in [1.54, 1.807) is 47.4 Å². The van der Waals surface area contributed by atoms with Crippen molar-refractivity contribution in [3.8, 4) is 0 Å². The highest BCUT2D eigenvalue weighted by atomic mass is 16.5. The van der Waals surface area contributed by atoms with Crippen LogP contribution in [-0.2, 0) is 14.3 Å². The molecule has 160 valence electrons. The Hall–Kier alpha value is -3.68. The van der Waals surface area contributed by atoms with Gasteiger partial charge in [0.15, 0.2) is 0 Å². The number of anilines is 2. The number of hydrogen-bond donors (Lipinski definition) is 1. The number of ether oxygens (including phenoxy) is 1. The number of aryl methyl sites for hydroxylation is 1. The van der Waals surface area contributed by atoms with Gasteiger partial charge >= 0.3 is 12.0 Å². The Morgan fingerprint density at radius 1 is 1.10 bits per heavy atom. The molecule has 2 fully saturated rings. The third-order valence-electron chi connectivity index (χ3n) is 5.42. The Labute approximate surface area is 179 Å². The van der Waals surface area contributed by atoms with Crippen LogP contribution in [0.3, 0.4) is 0 Å². The first-order valence-electron chi connectivity index (χ1n) is 10.1. The summed E-state index contributed by atoms with van der Waals surface area (Å²) in [6.45, 7) is 1.89. The second-order valence-corrected chi connectivity index (χ2v) is 7.77. The van der Waals surface area contributed by atoms with Crippen LogP contribution in [0.2, 0.25) is 0 Å². The number of esters is 1. The van der Waals surface area contributed by atoms with Gasteiger partial charge in [-0.15, -0.1) is 0 Å². The summed E-state index contributed by atoms with van der Waals surface area (Å²) in [5, 5.41) is 2.73. The summed E-state index contributed by atoms with van der Waals surface area (Å²) >= 11 is 0. The van der Waals surface area contributed by atoms with Gasteiger partial charge < -0.3 is 15.0 Å². The van der Waals surface area contributed by atoms with Crippen molar-refractivity contribution in [2.24, 2.45) is 0 Å². The lowest BCUT2D eigenvalue weighted by Crippen LogP contribution is -2.39. The number of carbonyl (C=O) groups is 4. The summed E-state index contributed by atoms with van der Waals surface area (Å²) in [5.74, 6) is -1.24. The molecule has 31 heavy (non-hydrogen) atoms. The molecule has 8 nitrogen and oxygen atoms in total. The molecule has 0 radical (unpaired) electrons. The molecule has 0 unspecified atom stereocenters. The summed E-state index contributed by atoms with van der Waals surface area (Å²) in [6.07, 6.45) is 1.52. The van der Waals surface area contributed by atoms with E-state index in [1.165, 1.54) is 12.0 Å². The van der Waals surface area contributed by atoms with Gasteiger partial charge in [-0.25, -0.2) is 14.5 Å². The Morgan fingerprint density at radius 3 is 2.42 bits per heavy atom. The van der Waals surface area contributed by atoms with Crippen molar-refractivity contribution in [3.05, 3.63) is 59.7 Å². The molecule has 1 heterocycles. The number of carbonyl (C=O) groups excluding carboxylic acids is 4. The Bertz CT molecular complexity index is 1050. The molecule has 2 aromatic rings. The van der Waals surface area contributed by atoms with Crippen LogP contribution in [0.15, 0.2) is 48.5 Å². The molecule has 0 bridgehead atoms. The SMILES string of the molecule is COC(=O)c1ccc(NC(=O)C[C@H]2C(=O)N(c3cccc(C)c3)C(=O)N2C2CC2)cc1. The third-order valence-corrected chi connectivity index (χ3v) is 5.42. The average Bonchev–Trinajstić information content (AvgIpc) is 3.55. The normalized spacial score (nSPS) is 18.3. The monoisotopic (exact) mass is 421 g/mol. The molecule has 0 spiro atoms. The minimum atomic E-state index is -0.838. The highest BCUT2D eigenvalue weighted by Crippen LogP contribution is 2.37. The highest BCUT2D eigenvalue weighted by molar-refractivity contribution is 6.22. The Kier molecular flexibility index (Phi) is 5.46. The highest BCUT2D eigenvalue weighted by Gasteiger charge is 2.51. The lowest BCUT2D eigenvalue weighted by molar-refractivity contribution is -0.124. The number of rotatable bonds is 6. The van der Waals surface area contributed by atoms with Crippen LogP contribution < -0.4 is 10.2 Å². The van der Waals surface area contributed by atoms with E-state index < -0.39 is 17.9 Å². The van der Waals surface area contributed by atoms with Crippen LogP contribution in [0, 0.1) is 6.92 Å². The maximum Gasteiger partial charge on any atom is 0.337 e. The first kappa shape index (κ1) is 20.6. The summed E-state index contributed by atoms with van der Waals surface area (Å²) in [4.78, 5) is 53.1. The molecule has 1 aliphatic carbocycles. The number of urea groups is 1. The van der Waals surface area contributed by atoms with E-state index in [-0.39, 0.29) is 24.4 Å². The van der Waals surface area contributed by atoms with Gasteiger partial charge in [0, 0.05) is 11.7 Å². The molecular weight excluding hydrogens is 398 g/mol. The van der Waals surface area contributed by atoms with Crippen LogP contribution in [-0.4, -0.2) is 47.9 Å². The molecule has 1 atom stereocenters. The van der Waals surface area contributed by atoms with Gasteiger partial charge in [-0.3, -0.25) is 9.59 Å². The van der Waals surface area contributed by atoms with Crippen molar-refractivity contribution in [2.45, 2.75) is 38.3 Å². The van der Waals surface area contributed by atoms with Crippen LogP contribution >= 0.6 is 0 Å². The van der Waals surface area contributed by atoms with Gasteiger partial charge in [-0.05, 0) is 61.7 Å². The summed E-state index contributed by atoms with van der Waals surface area (Å²) in [7, 11) is 1.30. The standard InChI is InChI=1S/C23H23N3O5/c1-14-4-3-5-18(12-14)26-21(28)19(25(23(26)30)17-10-11-17)13-20(27)24-16-8-6-15(7-9-16)22(29)31-2/h3-9,12,17,19H,10-11,13H2,1-2H3,(H,24,27)/t19-/m0/s1. The molecule has 1 saturated carbocycles. The van der Waals surface area contributed by atoms with Crippen molar-refractivity contribution in [1.82, 2.24) is 4.90 Å². The van der Waals surface area contributed by atoms with E-state index in [2.05, 4.69) is 10.1 Å². The summed E-state index contributed by atoms with van der Waals surface area (Å²) in [6, 6.07) is 12.2. The van der Waals surface area contributed by atoms with Gasteiger partial charge in [-0.1, -0.05) is 12.1 Å². The Morgan fingerprint density at radius 2 is 1.81 bits per heavy atom. The number of amides is 4. The first-order valence-corrected chi connectivity index (χ1v) is 10.1. The fourth-order valence-corrected chi connectivity index (χ4v) is 3.76. The van der Waals surface area contributed by atoms with Crippen LogP contribution in [0.25, 0.3) is 0 Å². The molecule has 4 amide bonds. The first-order chi connectivity index (χ1) is 14.9. The maximum atomic E-state index is 13.1. The molecule has 2 aliphatic rings. The zero-order valence-electron chi connectivity index (χ0n) is 17.3. The predicted molar refractivity (Wildman–Crippen MR) is 114 cm³/mol. The fraction of sp³-hybridized carbons (Fsp3) is 0.304. The molecule has 4 rings (SSSR count). The second-order valence-electron chi connectivity index (χ2n) is 7.77. The molecular formula is C23H23N3O5. The molecule has 2 aromatic carbocycles. The molecule has 1 saturated heterocycles. The predicted octanol–water partition coefficient (Wildman–Crippen LogP) is 3.11. The van der Waals surface area contributed by atoms with Crippen molar-refractivity contribution in [3.63, 3.8) is 0 Å². The third kappa shape index (κ3) is 4.14. The molecule has 1 N–H and O–H groups in total. The van der Waals surface area contributed by atoms with Crippen molar-refractivity contribution >= 4 is 35.2 Å². The largest absolute Gasteiger partial charge is 0.465 e. The van der Waals surface area contributed by atoms with Crippen LogP contribution in [0.1, 0.15) is 35.2 Å². The van der Waals surface area contributed by atoms with Gasteiger partial charge in [-0.2, -0.15) is 0 Å². The summed E-state index contributed by atoms with van der Waals surface area (Å²) in [5.41, 5.74) is 2.31. The number of methoxy groups -OCH3 is 1. The van der Waals surface area contributed by atoms with Gasteiger partial charge in [0.05, 0.1) is 24.8 Å². The van der Waals surface area contributed by atoms with Crippen molar-refractivity contribution in [2.75, 3.05) is 17.3 Å². The quantitative estimate of drug-likeness (QED) is 0.571. The smallest absolute Gasteiger partial charge is 0.337 e. The van der Waals surface area contributed by atoms with Crippen LogP contribution in [0.5, 0.6) is 0 Å².